The molecule has 0 aliphatic heterocycles. The van der Waals surface area contributed by atoms with Crippen molar-refractivity contribution in [3.05, 3.63) is 45.3 Å². The molecule has 1 heterocycles. The van der Waals surface area contributed by atoms with Gasteiger partial charge in [0.1, 0.15) is 5.58 Å². The number of hydrogen-bond donors (Lipinski definition) is 0. The van der Waals surface area contributed by atoms with Crippen molar-refractivity contribution in [3.8, 4) is 0 Å². The highest BCUT2D eigenvalue weighted by Gasteiger charge is 2.27. The molecule has 5 heteroatoms. The molecule has 0 saturated carbocycles. The second kappa shape index (κ2) is 4.20. The predicted octanol–water partition coefficient (Wildman–Crippen LogP) is 4.24. The summed E-state index contributed by atoms with van der Waals surface area (Å²) in [6.45, 7) is 3.76. The second-order valence-corrected chi connectivity index (χ2v) is 6.21. The maximum atomic E-state index is 11.9. The number of fused-ring (bicyclic) bond motifs is 1. The van der Waals surface area contributed by atoms with Crippen molar-refractivity contribution in [2.45, 2.75) is 17.6 Å². The lowest BCUT2D eigenvalue weighted by atomic mass is 10.1. The van der Waals surface area contributed by atoms with Crippen LogP contribution in [-0.4, -0.2) is 0 Å². The molecule has 0 fully saturated rings. The zero-order valence-corrected chi connectivity index (χ0v) is 11.5. The van der Waals surface area contributed by atoms with Gasteiger partial charge in [-0.2, -0.15) is 0 Å². The number of halogens is 3. The summed E-state index contributed by atoms with van der Waals surface area (Å²) < 4.78 is 3.74. The summed E-state index contributed by atoms with van der Waals surface area (Å²) in [6.07, 6.45) is 0. The zero-order valence-electron chi connectivity index (χ0n) is 9.18. The first-order valence-electron chi connectivity index (χ1n) is 4.91. The molecule has 2 rings (SSSR count). The molecular formula is C12H9Cl3O2. The third-order valence-corrected chi connectivity index (χ3v) is 3.01. The molecule has 0 unspecified atom stereocenters. The van der Waals surface area contributed by atoms with Gasteiger partial charge in [0.15, 0.2) is 11.2 Å². The van der Waals surface area contributed by atoms with Crippen LogP contribution >= 0.6 is 34.8 Å². The largest absolute Gasteiger partial charge is 0.456 e. The van der Waals surface area contributed by atoms with Crippen molar-refractivity contribution in [1.29, 1.82) is 0 Å². The fourth-order valence-corrected chi connectivity index (χ4v) is 2.08. The lowest BCUT2D eigenvalue weighted by Gasteiger charge is -2.11. The molecule has 0 radical (unpaired) electrons. The van der Waals surface area contributed by atoms with Crippen LogP contribution in [0.5, 0.6) is 0 Å². The van der Waals surface area contributed by atoms with Gasteiger partial charge in [0, 0.05) is 6.07 Å². The van der Waals surface area contributed by atoms with E-state index in [1.54, 1.807) is 6.07 Å². The summed E-state index contributed by atoms with van der Waals surface area (Å²) in [5.74, 6) is 0.0324. The Hall–Kier alpha value is -0.700. The van der Waals surface area contributed by atoms with Gasteiger partial charge in [-0.25, -0.2) is 0 Å². The Balaban J connectivity index is 2.87. The molecule has 0 atom stereocenters. The molecule has 2 nitrogen and oxygen atoms in total. The standard InChI is InChI=1S/C12H9Cl3O2/c1-6-3-7(2)11-8(16)5-10(12(13,14)15)17-9(11)4-6/h3-5H,1-2H3. The number of alkyl halides is 3. The third kappa shape index (κ3) is 2.44. The molecule has 90 valence electrons. The summed E-state index contributed by atoms with van der Waals surface area (Å²) in [6, 6.07) is 4.88. The van der Waals surface area contributed by atoms with Gasteiger partial charge in [0.05, 0.1) is 5.39 Å². The lowest BCUT2D eigenvalue weighted by Crippen LogP contribution is -2.09. The molecule has 0 spiro atoms. The highest BCUT2D eigenvalue weighted by atomic mass is 35.6. The highest BCUT2D eigenvalue weighted by molar-refractivity contribution is 6.66. The molecule has 0 saturated heterocycles. The van der Waals surface area contributed by atoms with Crippen molar-refractivity contribution >= 4 is 45.8 Å². The Morgan fingerprint density at radius 3 is 2.35 bits per heavy atom. The Morgan fingerprint density at radius 1 is 1.12 bits per heavy atom. The van der Waals surface area contributed by atoms with Crippen LogP contribution in [0.15, 0.2) is 27.4 Å². The fourth-order valence-electron chi connectivity index (χ4n) is 1.80. The average Bonchev–Trinajstić information content (AvgIpc) is 2.13. The fraction of sp³-hybridized carbons (Fsp3) is 0.250. The van der Waals surface area contributed by atoms with Crippen LogP contribution in [0, 0.1) is 13.8 Å². The Bertz CT molecular complexity index is 638. The van der Waals surface area contributed by atoms with Crippen LogP contribution in [0.3, 0.4) is 0 Å². The van der Waals surface area contributed by atoms with Crippen LogP contribution in [0.1, 0.15) is 16.9 Å². The van der Waals surface area contributed by atoms with Crippen molar-refractivity contribution < 1.29 is 4.42 Å². The van der Waals surface area contributed by atoms with Crippen LogP contribution in [-0.2, 0) is 3.79 Å². The molecule has 0 bridgehead atoms. The number of benzene rings is 1. The smallest absolute Gasteiger partial charge is 0.248 e. The van der Waals surface area contributed by atoms with Gasteiger partial charge in [-0.15, -0.1) is 0 Å². The van der Waals surface area contributed by atoms with Crippen LogP contribution in [0.2, 0.25) is 0 Å². The first-order chi connectivity index (χ1) is 7.79. The minimum Gasteiger partial charge on any atom is -0.456 e. The molecule has 17 heavy (non-hydrogen) atoms. The van der Waals surface area contributed by atoms with Crippen molar-refractivity contribution in [1.82, 2.24) is 0 Å². The van der Waals surface area contributed by atoms with Crippen LogP contribution < -0.4 is 5.43 Å². The molecule has 1 aromatic carbocycles. The van der Waals surface area contributed by atoms with Crippen LogP contribution in [0.4, 0.5) is 0 Å². The molecule has 0 amide bonds. The number of hydrogen-bond acceptors (Lipinski definition) is 2. The van der Waals surface area contributed by atoms with E-state index in [-0.39, 0.29) is 11.2 Å². The van der Waals surface area contributed by atoms with E-state index in [4.69, 9.17) is 39.2 Å². The molecule has 2 aromatic rings. The van der Waals surface area contributed by atoms with E-state index >= 15 is 0 Å². The highest BCUT2D eigenvalue weighted by Crippen LogP contribution is 2.38. The van der Waals surface area contributed by atoms with E-state index in [9.17, 15) is 4.79 Å². The first-order valence-corrected chi connectivity index (χ1v) is 6.05. The van der Waals surface area contributed by atoms with Gasteiger partial charge in [-0.1, -0.05) is 40.9 Å². The Labute approximate surface area is 113 Å². The molecule has 0 N–H and O–H groups in total. The molecule has 1 aromatic heterocycles. The van der Waals surface area contributed by atoms with Crippen molar-refractivity contribution in [2.24, 2.45) is 0 Å². The van der Waals surface area contributed by atoms with Gasteiger partial charge in [-0.3, -0.25) is 4.79 Å². The summed E-state index contributed by atoms with van der Waals surface area (Å²) in [7, 11) is 0. The van der Waals surface area contributed by atoms with E-state index in [0.717, 1.165) is 11.1 Å². The van der Waals surface area contributed by atoms with E-state index in [2.05, 4.69) is 0 Å². The predicted molar refractivity (Wildman–Crippen MR) is 71.2 cm³/mol. The monoisotopic (exact) mass is 290 g/mol. The van der Waals surface area contributed by atoms with E-state index in [1.807, 2.05) is 19.9 Å². The minimum atomic E-state index is -1.73. The summed E-state index contributed by atoms with van der Waals surface area (Å²) >= 11 is 17.1. The summed E-state index contributed by atoms with van der Waals surface area (Å²) in [5.41, 5.74) is 2.07. The van der Waals surface area contributed by atoms with Crippen LogP contribution in [0.25, 0.3) is 11.0 Å². The van der Waals surface area contributed by atoms with Crippen molar-refractivity contribution in [3.63, 3.8) is 0 Å². The minimum absolute atomic E-state index is 0.0324. The Kier molecular flexibility index (Phi) is 3.15. The quantitative estimate of drug-likeness (QED) is 0.680. The Morgan fingerprint density at radius 2 is 1.76 bits per heavy atom. The lowest BCUT2D eigenvalue weighted by molar-refractivity contribution is 0.545. The first kappa shape index (κ1) is 12.7. The zero-order chi connectivity index (χ0) is 12.8. The number of aryl methyl sites for hydroxylation is 2. The van der Waals surface area contributed by atoms with Gasteiger partial charge in [0.25, 0.3) is 0 Å². The summed E-state index contributed by atoms with van der Waals surface area (Å²) in [4.78, 5) is 11.9. The van der Waals surface area contributed by atoms with E-state index < -0.39 is 3.79 Å². The van der Waals surface area contributed by atoms with Gasteiger partial charge < -0.3 is 4.42 Å². The molecule has 0 aliphatic rings. The molecule has 0 aliphatic carbocycles. The number of rotatable bonds is 0. The maximum Gasteiger partial charge on any atom is 0.248 e. The third-order valence-electron chi connectivity index (χ3n) is 2.45. The SMILES string of the molecule is Cc1cc(C)c2c(=O)cc(C(Cl)(Cl)Cl)oc2c1. The van der Waals surface area contributed by atoms with Gasteiger partial charge in [0.2, 0.25) is 3.79 Å². The van der Waals surface area contributed by atoms with E-state index in [1.165, 1.54) is 6.07 Å². The van der Waals surface area contributed by atoms with E-state index in [0.29, 0.717) is 11.0 Å². The van der Waals surface area contributed by atoms with Gasteiger partial charge in [-0.05, 0) is 31.0 Å². The van der Waals surface area contributed by atoms with Gasteiger partial charge >= 0.3 is 0 Å². The topological polar surface area (TPSA) is 30.2 Å². The van der Waals surface area contributed by atoms with Crippen molar-refractivity contribution in [2.75, 3.05) is 0 Å². The maximum absolute atomic E-state index is 11.9. The average molecular weight is 292 g/mol. The normalized spacial score (nSPS) is 12.1. The summed E-state index contributed by atoms with van der Waals surface area (Å²) in [5, 5.41) is 0.522. The molecular weight excluding hydrogens is 282 g/mol. The second-order valence-electron chi connectivity index (χ2n) is 3.93.